The Labute approximate surface area is 103 Å². The monoisotopic (exact) mass is 231 g/mol. The summed E-state index contributed by atoms with van der Waals surface area (Å²) in [7, 11) is 0. The molecular formula is C14H21N3. The number of aryl methyl sites for hydroxylation is 1. The van der Waals surface area contributed by atoms with Crippen LogP contribution in [0.25, 0.3) is 0 Å². The highest BCUT2D eigenvalue weighted by molar-refractivity contribution is 5.18. The van der Waals surface area contributed by atoms with Gasteiger partial charge in [0.1, 0.15) is 0 Å². The highest BCUT2D eigenvalue weighted by Crippen LogP contribution is 2.36. The van der Waals surface area contributed by atoms with Gasteiger partial charge in [-0.25, -0.2) is 0 Å². The highest BCUT2D eigenvalue weighted by atomic mass is 15.2. The molecule has 1 unspecified atom stereocenters. The summed E-state index contributed by atoms with van der Waals surface area (Å²) in [5.74, 6) is 0. The largest absolute Gasteiger partial charge is 0.316 e. The molecule has 3 heteroatoms. The Bertz CT molecular complexity index is 396. The summed E-state index contributed by atoms with van der Waals surface area (Å²) in [4.78, 5) is 6.97. The fourth-order valence-electron chi connectivity index (χ4n) is 3.23. The van der Waals surface area contributed by atoms with E-state index in [9.17, 15) is 0 Å². The molecule has 1 atom stereocenters. The van der Waals surface area contributed by atoms with Crippen molar-refractivity contribution in [3.63, 3.8) is 0 Å². The lowest BCUT2D eigenvalue weighted by molar-refractivity contribution is 0.268. The van der Waals surface area contributed by atoms with E-state index in [4.69, 9.17) is 0 Å². The van der Waals surface area contributed by atoms with Crippen molar-refractivity contribution in [1.29, 1.82) is 0 Å². The average molecular weight is 231 g/mol. The Balaban J connectivity index is 1.66. The minimum absolute atomic E-state index is 0.579. The first-order chi connectivity index (χ1) is 8.27. The lowest BCUT2D eigenvalue weighted by atomic mass is 9.86. The first kappa shape index (κ1) is 11.2. The third kappa shape index (κ3) is 2.22. The zero-order valence-electron chi connectivity index (χ0n) is 10.6. The van der Waals surface area contributed by atoms with Gasteiger partial charge in [-0.2, -0.15) is 0 Å². The fraction of sp³-hybridized carbons (Fsp3) is 0.643. The maximum absolute atomic E-state index is 4.37. The third-order valence-electron chi connectivity index (χ3n) is 4.36. The van der Waals surface area contributed by atoms with Gasteiger partial charge in [0.05, 0.1) is 0 Å². The molecule has 0 aliphatic carbocycles. The Kier molecular flexibility index (Phi) is 2.89. The van der Waals surface area contributed by atoms with Crippen LogP contribution in [0, 0.1) is 12.3 Å². The van der Waals surface area contributed by atoms with Crippen molar-refractivity contribution in [2.24, 2.45) is 5.41 Å². The molecule has 3 heterocycles. The SMILES string of the molecule is Cc1ncccc1CN1CCC2(CCNC2)C1. The van der Waals surface area contributed by atoms with E-state index in [0.29, 0.717) is 5.41 Å². The number of rotatable bonds is 2. The van der Waals surface area contributed by atoms with Crippen molar-refractivity contribution in [2.75, 3.05) is 26.2 Å². The van der Waals surface area contributed by atoms with E-state index in [-0.39, 0.29) is 0 Å². The van der Waals surface area contributed by atoms with Crippen LogP contribution in [0.5, 0.6) is 0 Å². The molecule has 92 valence electrons. The molecule has 0 aromatic carbocycles. The lowest BCUT2D eigenvalue weighted by Gasteiger charge is -2.23. The number of hydrogen-bond donors (Lipinski definition) is 1. The van der Waals surface area contributed by atoms with E-state index < -0.39 is 0 Å². The highest BCUT2D eigenvalue weighted by Gasteiger charge is 2.40. The van der Waals surface area contributed by atoms with Gasteiger partial charge in [-0.15, -0.1) is 0 Å². The van der Waals surface area contributed by atoms with Crippen LogP contribution in [0.1, 0.15) is 24.1 Å². The van der Waals surface area contributed by atoms with Gasteiger partial charge < -0.3 is 5.32 Å². The molecule has 1 aromatic rings. The van der Waals surface area contributed by atoms with Crippen molar-refractivity contribution < 1.29 is 0 Å². The minimum atomic E-state index is 0.579. The smallest absolute Gasteiger partial charge is 0.0417 e. The van der Waals surface area contributed by atoms with Crippen LogP contribution in [0.3, 0.4) is 0 Å². The summed E-state index contributed by atoms with van der Waals surface area (Å²) in [6, 6.07) is 4.26. The van der Waals surface area contributed by atoms with Gasteiger partial charge >= 0.3 is 0 Å². The summed E-state index contributed by atoms with van der Waals surface area (Å²) in [5.41, 5.74) is 3.14. The molecule has 0 bridgehead atoms. The molecule has 2 aliphatic rings. The van der Waals surface area contributed by atoms with Crippen molar-refractivity contribution >= 4 is 0 Å². The first-order valence-electron chi connectivity index (χ1n) is 6.61. The van der Waals surface area contributed by atoms with E-state index in [1.165, 1.54) is 50.3 Å². The fourth-order valence-corrected chi connectivity index (χ4v) is 3.23. The minimum Gasteiger partial charge on any atom is -0.316 e. The molecule has 0 saturated carbocycles. The Hall–Kier alpha value is -0.930. The van der Waals surface area contributed by atoms with Crippen LogP contribution in [0.4, 0.5) is 0 Å². The van der Waals surface area contributed by atoms with Crippen molar-refractivity contribution in [3.05, 3.63) is 29.6 Å². The molecule has 0 radical (unpaired) electrons. The van der Waals surface area contributed by atoms with Crippen molar-refractivity contribution in [2.45, 2.75) is 26.3 Å². The molecule has 1 aromatic heterocycles. The molecule has 1 N–H and O–H groups in total. The predicted molar refractivity (Wildman–Crippen MR) is 68.8 cm³/mol. The topological polar surface area (TPSA) is 28.2 Å². The average Bonchev–Trinajstić information content (AvgIpc) is 2.94. The first-order valence-corrected chi connectivity index (χ1v) is 6.61. The van der Waals surface area contributed by atoms with Gasteiger partial charge in [-0.05, 0) is 49.9 Å². The normalized spacial score (nSPS) is 29.2. The Morgan fingerprint density at radius 2 is 2.41 bits per heavy atom. The van der Waals surface area contributed by atoms with Gasteiger partial charge in [0.15, 0.2) is 0 Å². The van der Waals surface area contributed by atoms with Crippen molar-refractivity contribution in [1.82, 2.24) is 15.2 Å². The number of nitrogens with one attached hydrogen (secondary N) is 1. The van der Waals surface area contributed by atoms with Gasteiger partial charge in [-0.3, -0.25) is 9.88 Å². The second-order valence-electron chi connectivity index (χ2n) is 5.64. The Morgan fingerprint density at radius 3 is 3.18 bits per heavy atom. The summed E-state index contributed by atoms with van der Waals surface area (Å²) in [6.07, 6.45) is 4.60. The van der Waals surface area contributed by atoms with Crippen LogP contribution in [0.2, 0.25) is 0 Å². The van der Waals surface area contributed by atoms with E-state index in [2.05, 4.69) is 28.2 Å². The second-order valence-corrected chi connectivity index (χ2v) is 5.64. The lowest BCUT2D eigenvalue weighted by Crippen LogP contribution is -2.29. The number of likely N-dealkylation sites (tertiary alicyclic amines) is 1. The predicted octanol–water partition coefficient (Wildman–Crippen LogP) is 1.58. The van der Waals surface area contributed by atoms with E-state index >= 15 is 0 Å². The summed E-state index contributed by atoms with van der Waals surface area (Å²) in [5, 5.41) is 3.51. The molecular weight excluding hydrogens is 210 g/mol. The molecule has 3 nitrogen and oxygen atoms in total. The summed E-state index contributed by atoms with van der Waals surface area (Å²) >= 11 is 0. The zero-order chi connectivity index (χ0) is 11.7. The molecule has 2 saturated heterocycles. The van der Waals surface area contributed by atoms with Crippen LogP contribution in [-0.4, -0.2) is 36.1 Å². The molecule has 0 amide bonds. The number of aromatic nitrogens is 1. The van der Waals surface area contributed by atoms with Crippen molar-refractivity contribution in [3.8, 4) is 0 Å². The van der Waals surface area contributed by atoms with Gasteiger partial charge in [-0.1, -0.05) is 6.07 Å². The number of hydrogen-bond acceptors (Lipinski definition) is 3. The standard InChI is InChI=1S/C14H21N3/c1-12-13(3-2-6-16-12)9-17-8-5-14(11-17)4-7-15-10-14/h2-3,6,15H,4-5,7-11H2,1H3. The quantitative estimate of drug-likeness (QED) is 0.837. The van der Waals surface area contributed by atoms with E-state index in [0.717, 1.165) is 6.54 Å². The molecule has 1 spiro atoms. The van der Waals surface area contributed by atoms with Gasteiger partial charge in [0.2, 0.25) is 0 Å². The molecule has 3 rings (SSSR count). The summed E-state index contributed by atoms with van der Waals surface area (Å²) < 4.78 is 0. The van der Waals surface area contributed by atoms with E-state index in [1.807, 2.05) is 12.3 Å². The Morgan fingerprint density at radius 1 is 1.47 bits per heavy atom. The van der Waals surface area contributed by atoms with Crippen LogP contribution < -0.4 is 5.32 Å². The van der Waals surface area contributed by atoms with Crippen LogP contribution >= 0.6 is 0 Å². The van der Waals surface area contributed by atoms with Gasteiger partial charge in [0.25, 0.3) is 0 Å². The third-order valence-corrected chi connectivity index (χ3v) is 4.36. The van der Waals surface area contributed by atoms with Gasteiger partial charge in [0, 0.05) is 31.5 Å². The maximum atomic E-state index is 4.37. The van der Waals surface area contributed by atoms with E-state index in [1.54, 1.807) is 0 Å². The number of pyridine rings is 1. The second kappa shape index (κ2) is 4.39. The molecule has 2 fully saturated rings. The van der Waals surface area contributed by atoms with Crippen LogP contribution in [-0.2, 0) is 6.54 Å². The number of nitrogens with zero attached hydrogens (tertiary/aromatic N) is 2. The molecule has 2 aliphatic heterocycles. The van der Waals surface area contributed by atoms with Crippen LogP contribution in [0.15, 0.2) is 18.3 Å². The zero-order valence-corrected chi connectivity index (χ0v) is 10.6. The molecule has 17 heavy (non-hydrogen) atoms. The maximum Gasteiger partial charge on any atom is 0.0417 e. The summed E-state index contributed by atoms with van der Waals surface area (Å²) in [6.45, 7) is 8.11.